The van der Waals surface area contributed by atoms with Crippen LogP contribution in [0.1, 0.15) is 43.2 Å². The van der Waals surface area contributed by atoms with Crippen LogP contribution in [0.4, 0.5) is 10.1 Å². The van der Waals surface area contributed by atoms with Crippen molar-refractivity contribution in [2.75, 3.05) is 24.2 Å². The van der Waals surface area contributed by atoms with Gasteiger partial charge in [0.05, 0.1) is 19.1 Å². The maximum Gasteiger partial charge on any atom is 0.244 e. The van der Waals surface area contributed by atoms with Gasteiger partial charge in [0.15, 0.2) is 0 Å². The predicted molar refractivity (Wildman–Crippen MR) is 161 cm³/mol. The van der Waals surface area contributed by atoms with Gasteiger partial charge in [0.25, 0.3) is 0 Å². The van der Waals surface area contributed by atoms with Crippen LogP contribution in [0.3, 0.4) is 0 Å². The Morgan fingerprint density at radius 3 is 2.33 bits per heavy atom. The highest BCUT2D eigenvalue weighted by molar-refractivity contribution is 7.92. The Balaban J connectivity index is 1.73. The molecule has 1 N–H and O–H groups in total. The lowest BCUT2D eigenvalue weighted by Crippen LogP contribution is -2.55. The van der Waals surface area contributed by atoms with Crippen molar-refractivity contribution in [1.29, 1.82) is 0 Å². The Hall–Kier alpha value is -3.92. The Bertz CT molecular complexity index is 1460. The van der Waals surface area contributed by atoms with Gasteiger partial charge in [-0.2, -0.15) is 0 Å². The number of sulfonamides is 1. The second kappa shape index (κ2) is 14.3. The Labute approximate surface area is 247 Å². The topological polar surface area (TPSA) is 96.0 Å². The number of methoxy groups -OCH3 is 1. The molecule has 3 aromatic carbocycles. The van der Waals surface area contributed by atoms with Gasteiger partial charge in [-0.1, -0.05) is 73.9 Å². The van der Waals surface area contributed by atoms with Gasteiger partial charge >= 0.3 is 0 Å². The number of halogens is 1. The number of rotatable bonds is 12. The summed E-state index contributed by atoms with van der Waals surface area (Å²) in [7, 11) is -2.46. The summed E-state index contributed by atoms with van der Waals surface area (Å²) >= 11 is 0. The van der Waals surface area contributed by atoms with E-state index in [2.05, 4.69) is 5.32 Å². The molecule has 10 heteroatoms. The van der Waals surface area contributed by atoms with Crippen molar-refractivity contribution in [3.8, 4) is 5.75 Å². The van der Waals surface area contributed by atoms with Crippen LogP contribution in [0.2, 0.25) is 0 Å². The molecule has 1 fully saturated rings. The molecule has 1 aliphatic carbocycles. The summed E-state index contributed by atoms with van der Waals surface area (Å²) in [5.74, 6) is -1.08. The summed E-state index contributed by atoms with van der Waals surface area (Å²) in [6.45, 7) is -0.792. The minimum Gasteiger partial charge on any atom is -0.497 e. The van der Waals surface area contributed by atoms with Crippen LogP contribution in [0.15, 0.2) is 78.9 Å². The lowest BCUT2D eigenvalue weighted by atomic mass is 9.94. The van der Waals surface area contributed by atoms with Crippen molar-refractivity contribution < 1.29 is 27.1 Å². The molecular formula is C32H38FN3O5S. The van der Waals surface area contributed by atoms with Crippen molar-refractivity contribution >= 4 is 27.5 Å². The summed E-state index contributed by atoms with van der Waals surface area (Å²) in [5.41, 5.74) is 1.28. The van der Waals surface area contributed by atoms with Gasteiger partial charge in [0, 0.05) is 30.6 Å². The lowest BCUT2D eigenvalue weighted by Gasteiger charge is -2.35. The maximum atomic E-state index is 14.9. The zero-order valence-electron chi connectivity index (χ0n) is 24.0. The number of carbonyl (C=O) groups is 2. The third-order valence-corrected chi connectivity index (χ3v) is 8.68. The summed E-state index contributed by atoms with van der Waals surface area (Å²) in [4.78, 5) is 29.4. The summed E-state index contributed by atoms with van der Waals surface area (Å²) < 4.78 is 47.0. The van der Waals surface area contributed by atoms with Gasteiger partial charge in [0.1, 0.15) is 24.2 Å². The average Bonchev–Trinajstić information content (AvgIpc) is 2.99. The molecule has 42 heavy (non-hydrogen) atoms. The van der Waals surface area contributed by atoms with Gasteiger partial charge in [-0.05, 0) is 36.6 Å². The number of amides is 2. The molecule has 0 aliphatic heterocycles. The van der Waals surface area contributed by atoms with Crippen LogP contribution in [0.5, 0.6) is 5.75 Å². The Kier molecular flexibility index (Phi) is 10.6. The van der Waals surface area contributed by atoms with E-state index in [1.807, 2.05) is 30.3 Å². The highest BCUT2D eigenvalue weighted by Gasteiger charge is 2.34. The second-order valence-electron chi connectivity index (χ2n) is 10.6. The maximum absolute atomic E-state index is 14.9. The Morgan fingerprint density at radius 2 is 1.67 bits per heavy atom. The minimum atomic E-state index is -3.92. The van der Waals surface area contributed by atoms with E-state index in [1.54, 1.807) is 36.4 Å². The molecule has 0 radical (unpaired) electrons. The van der Waals surface area contributed by atoms with Crippen LogP contribution in [-0.2, 0) is 32.6 Å². The van der Waals surface area contributed by atoms with Crippen LogP contribution < -0.4 is 14.4 Å². The molecule has 0 saturated heterocycles. The number of nitrogens with one attached hydrogen (secondary N) is 1. The summed E-state index contributed by atoms with van der Waals surface area (Å²) in [5, 5.41) is 3.13. The van der Waals surface area contributed by atoms with Crippen molar-refractivity contribution in [3.63, 3.8) is 0 Å². The first-order valence-corrected chi connectivity index (χ1v) is 16.0. The van der Waals surface area contributed by atoms with Crippen molar-refractivity contribution in [2.24, 2.45) is 0 Å². The SMILES string of the molecule is COc1cccc(N(CC(=O)N(Cc2ccccc2F)[C@H](Cc2ccccc2)C(=O)NC2CCCCC2)S(C)(=O)=O)c1. The molecule has 3 aromatic rings. The van der Waals surface area contributed by atoms with Gasteiger partial charge < -0.3 is 15.0 Å². The highest BCUT2D eigenvalue weighted by atomic mass is 32.2. The van der Waals surface area contributed by atoms with Crippen LogP contribution in [0.25, 0.3) is 0 Å². The lowest BCUT2D eigenvalue weighted by molar-refractivity contribution is -0.140. The van der Waals surface area contributed by atoms with Gasteiger partial charge in [-0.3, -0.25) is 13.9 Å². The van der Waals surface area contributed by atoms with Gasteiger partial charge in [0.2, 0.25) is 21.8 Å². The molecule has 1 aliphatic rings. The number of ether oxygens (including phenoxy) is 1. The molecule has 0 heterocycles. The van der Waals surface area contributed by atoms with Crippen molar-refractivity contribution in [1.82, 2.24) is 10.2 Å². The first-order valence-electron chi connectivity index (χ1n) is 14.1. The molecule has 224 valence electrons. The largest absolute Gasteiger partial charge is 0.497 e. The van der Waals surface area contributed by atoms with E-state index in [0.29, 0.717) is 5.75 Å². The van der Waals surface area contributed by atoms with Crippen LogP contribution >= 0.6 is 0 Å². The number of carbonyl (C=O) groups excluding carboxylic acids is 2. The molecule has 0 unspecified atom stereocenters. The molecule has 2 amide bonds. The van der Waals surface area contributed by atoms with E-state index in [0.717, 1.165) is 48.2 Å². The fourth-order valence-corrected chi connectivity index (χ4v) is 6.13. The molecule has 4 rings (SSSR count). The van der Waals surface area contributed by atoms with E-state index in [9.17, 15) is 22.4 Å². The van der Waals surface area contributed by atoms with E-state index in [1.165, 1.54) is 24.1 Å². The zero-order valence-corrected chi connectivity index (χ0v) is 24.9. The molecule has 8 nitrogen and oxygen atoms in total. The number of anilines is 1. The van der Waals surface area contributed by atoms with Gasteiger partial charge in [-0.15, -0.1) is 0 Å². The van der Waals surface area contributed by atoms with E-state index < -0.39 is 34.3 Å². The standard InChI is InChI=1S/C32H38FN3O5S/c1-41-28-18-11-17-27(21-28)36(42(2,39)40)23-31(37)35(22-25-14-9-10-19-29(25)33)30(20-24-12-5-3-6-13-24)32(38)34-26-15-7-4-8-16-26/h3,5-6,9-14,17-19,21,26,30H,4,7-8,15-16,20,22-23H2,1-2H3,(H,34,38)/t30-/m1/s1. The van der Waals surface area contributed by atoms with Crippen LogP contribution in [0, 0.1) is 5.82 Å². The minimum absolute atomic E-state index is 0.0146. The monoisotopic (exact) mass is 595 g/mol. The van der Waals surface area contributed by atoms with Crippen molar-refractivity contribution in [2.45, 2.75) is 57.2 Å². The molecule has 1 atom stereocenters. The fourth-order valence-electron chi connectivity index (χ4n) is 5.29. The molecule has 0 bridgehead atoms. The molecule has 0 aromatic heterocycles. The molecular weight excluding hydrogens is 557 g/mol. The zero-order chi connectivity index (χ0) is 30.1. The van der Waals surface area contributed by atoms with E-state index in [4.69, 9.17) is 4.74 Å². The first kappa shape index (κ1) is 31.0. The summed E-state index contributed by atoms with van der Waals surface area (Å²) in [6.07, 6.45) is 6.02. The average molecular weight is 596 g/mol. The van der Waals surface area contributed by atoms with E-state index in [-0.39, 0.29) is 36.2 Å². The number of benzene rings is 3. The van der Waals surface area contributed by atoms with Crippen LogP contribution in [-0.4, -0.2) is 57.1 Å². The van der Waals surface area contributed by atoms with E-state index >= 15 is 0 Å². The van der Waals surface area contributed by atoms with Crippen molar-refractivity contribution in [3.05, 3.63) is 95.8 Å². The highest BCUT2D eigenvalue weighted by Crippen LogP contribution is 2.25. The third kappa shape index (κ3) is 8.31. The first-order chi connectivity index (χ1) is 20.2. The number of hydrogen-bond acceptors (Lipinski definition) is 5. The second-order valence-corrected chi connectivity index (χ2v) is 12.5. The molecule has 1 saturated carbocycles. The summed E-state index contributed by atoms with van der Waals surface area (Å²) in [6, 6.07) is 20.7. The Morgan fingerprint density at radius 1 is 0.976 bits per heavy atom. The normalized spacial score (nSPS) is 14.5. The van der Waals surface area contributed by atoms with Gasteiger partial charge in [-0.25, -0.2) is 12.8 Å². The fraction of sp³-hybridized carbons (Fsp3) is 0.375. The quantitative estimate of drug-likeness (QED) is 0.328. The predicted octanol–water partition coefficient (Wildman–Crippen LogP) is 4.69. The number of hydrogen-bond donors (Lipinski definition) is 1. The number of nitrogens with zero attached hydrogens (tertiary/aromatic N) is 2. The molecule has 0 spiro atoms. The smallest absolute Gasteiger partial charge is 0.244 e. The third-order valence-electron chi connectivity index (χ3n) is 7.54.